The van der Waals surface area contributed by atoms with Crippen LogP contribution in [0.4, 0.5) is 0 Å². The van der Waals surface area contributed by atoms with E-state index in [1.165, 1.54) is 5.56 Å². The molecule has 0 aromatic heterocycles. The monoisotopic (exact) mass is 271 g/mol. The van der Waals surface area contributed by atoms with Crippen LogP contribution in [-0.2, 0) is 6.42 Å². The van der Waals surface area contributed by atoms with Crippen LogP contribution in [0.3, 0.4) is 0 Å². The SMILES string of the molecule is CNCCC(C)(O)Cc1ccc(Br)cc1. The summed E-state index contributed by atoms with van der Waals surface area (Å²) < 4.78 is 1.07. The lowest BCUT2D eigenvalue weighted by Crippen LogP contribution is -2.31. The van der Waals surface area contributed by atoms with Crippen molar-refractivity contribution in [2.45, 2.75) is 25.4 Å². The van der Waals surface area contributed by atoms with Crippen LogP contribution >= 0.6 is 15.9 Å². The van der Waals surface area contributed by atoms with Crippen LogP contribution in [0.5, 0.6) is 0 Å². The van der Waals surface area contributed by atoms with E-state index >= 15 is 0 Å². The third-order valence-electron chi connectivity index (χ3n) is 2.41. The van der Waals surface area contributed by atoms with Crippen molar-refractivity contribution in [3.05, 3.63) is 34.3 Å². The predicted octanol–water partition coefficient (Wildman–Crippen LogP) is 2.35. The molecule has 1 aromatic carbocycles. The van der Waals surface area contributed by atoms with Crippen LogP contribution in [0.15, 0.2) is 28.7 Å². The molecule has 0 fully saturated rings. The van der Waals surface area contributed by atoms with Gasteiger partial charge in [0, 0.05) is 10.9 Å². The van der Waals surface area contributed by atoms with E-state index in [-0.39, 0.29) is 0 Å². The summed E-state index contributed by atoms with van der Waals surface area (Å²) >= 11 is 3.39. The lowest BCUT2D eigenvalue weighted by atomic mass is 9.93. The van der Waals surface area contributed by atoms with Gasteiger partial charge in [-0.1, -0.05) is 28.1 Å². The fourth-order valence-electron chi connectivity index (χ4n) is 1.52. The number of halogens is 1. The van der Waals surface area contributed by atoms with E-state index in [1.807, 2.05) is 38.2 Å². The van der Waals surface area contributed by atoms with Crippen LogP contribution in [-0.4, -0.2) is 24.3 Å². The molecule has 1 unspecified atom stereocenters. The van der Waals surface area contributed by atoms with Crippen molar-refractivity contribution in [1.29, 1.82) is 0 Å². The van der Waals surface area contributed by atoms with E-state index in [9.17, 15) is 5.11 Å². The van der Waals surface area contributed by atoms with Crippen LogP contribution in [0.2, 0.25) is 0 Å². The van der Waals surface area contributed by atoms with E-state index in [1.54, 1.807) is 0 Å². The summed E-state index contributed by atoms with van der Waals surface area (Å²) in [5, 5.41) is 13.2. The van der Waals surface area contributed by atoms with Gasteiger partial charge in [-0.2, -0.15) is 0 Å². The summed E-state index contributed by atoms with van der Waals surface area (Å²) in [6.45, 7) is 2.72. The second-order valence-corrected chi connectivity index (χ2v) is 5.07. The van der Waals surface area contributed by atoms with E-state index < -0.39 is 5.60 Å². The summed E-state index contributed by atoms with van der Waals surface area (Å²) in [7, 11) is 1.90. The average molecular weight is 272 g/mol. The summed E-state index contributed by atoms with van der Waals surface area (Å²) in [6, 6.07) is 8.09. The fourth-order valence-corrected chi connectivity index (χ4v) is 1.79. The summed E-state index contributed by atoms with van der Waals surface area (Å²) in [5.74, 6) is 0. The Hall–Kier alpha value is -0.380. The largest absolute Gasteiger partial charge is 0.390 e. The van der Waals surface area contributed by atoms with Crippen molar-refractivity contribution in [3.8, 4) is 0 Å². The first-order valence-electron chi connectivity index (χ1n) is 5.15. The normalized spacial score (nSPS) is 14.9. The van der Waals surface area contributed by atoms with Gasteiger partial charge < -0.3 is 10.4 Å². The first-order chi connectivity index (χ1) is 7.03. The van der Waals surface area contributed by atoms with Gasteiger partial charge in [0.15, 0.2) is 0 Å². The molecule has 0 amide bonds. The average Bonchev–Trinajstić information content (AvgIpc) is 2.18. The highest BCUT2D eigenvalue weighted by Gasteiger charge is 2.19. The van der Waals surface area contributed by atoms with Crippen LogP contribution < -0.4 is 5.32 Å². The van der Waals surface area contributed by atoms with Crippen molar-refractivity contribution in [2.75, 3.05) is 13.6 Å². The van der Waals surface area contributed by atoms with Crippen molar-refractivity contribution in [2.24, 2.45) is 0 Å². The van der Waals surface area contributed by atoms with E-state index in [4.69, 9.17) is 0 Å². The molecule has 0 bridgehead atoms. The molecule has 0 heterocycles. The number of rotatable bonds is 5. The van der Waals surface area contributed by atoms with Gasteiger partial charge in [-0.15, -0.1) is 0 Å². The van der Waals surface area contributed by atoms with Gasteiger partial charge in [-0.25, -0.2) is 0 Å². The van der Waals surface area contributed by atoms with Gasteiger partial charge in [0.25, 0.3) is 0 Å². The van der Waals surface area contributed by atoms with E-state index in [2.05, 4.69) is 21.2 Å². The zero-order valence-corrected chi connectivity index (χ0v) is 10.8. The molecule has 0 aliphatic carbocycles. The number of hydrogen-bond acceptors (Lipinski definition) is 2. The van der Waals surface area contributed by atoms with Crippen LogP contribution in [0, 0.1) is 0 Å². The van der Waals surface area contributed by atoms with Crippen molar-refractivity contribution >= 4 is 15.9 Å². The number of hydrogen-bond donors (Lipinski definition) is 2. The molecule has 0 aliphatic heterocycles. The van der Waals surface area contributed by atoms with Crippen molar-refractivity contribution < 1.29 is 5.11 Å². The molecule has 3 heteroatoms. The van der Waals surface area contributed by atoms with Crippen molar-refractivity contribution in [1.82, 2.24) is 5.32 Å². The maximum absolute atomic E-state index is 10.1. The summed E-state index contributed by atoms with van der Waals surface area (Å²) in [5.41, 5.74) is 0.538. The van der Waals surface area contributed by atoms with E-state index in [0.29, 0.717) is 6.42 Å². The lowest BCUT2D eigenvalue weighted by molar-refractivity contribution is 0.0520. The third kappa shape index (κ3) is 4.78. The van der Waals surface area contributed by atoms with Gasteiger partial charge >= 0.3 is 0 Å². The summed E-state index contributed by atoms with van der Waals surface area (Å²) in [6.07, 6.45) is 1.46. The Kier molecular flexibility index (Phi) is 4.77. The Bertz CT molecular complexity index is 295. The molecule has 0 saturated heterocycles. The first kappa shape index (κ1) is 12.7. The maximum Gasteiger partial charge on any atom is 0.0672 e. The fraction of sp³-hybridized carbons (Fsp3) is 0.500. The molecule has 0 saturated carbocycles. The van der Waals surface area contributed by atoms with Crippen LogP contribution in [0.25, 0.3) is 0 Å². The topological polar surface area (TPSA) is 32.3 Å². The highest BCUT2D eigenvalue weighted by atomic mass is 79.9. The predicted molar refractivity (Wildman–Crippen MR) is 67.0 cm³/mol. The second kappa shape index (κ2) is 5.64. The molecule has 84 valence electrons. The number of aliphatic hydroxyl groups is 1. The molecule has 2 N–H and O–H groups in total. The molecule has 1 rings (SSSR count). The zero-order valence-electron chi connectivity index (χ0n) is 9.26. The molecule has 2 nitrogen and oxygen atoms in total. The quantitative estimate of drug-likeness (QED) is 0.862. The summed E-state index contributed by atoms with van der Waals surface area (Å²) in [4.78, 5) is 0. The smallest absolute Gasteiger partial charge is 0.0672 e. The number of nitrogens with one attached hydrogen (secondary N) is 1. The maximum atomic E-state index is 10.1. The van der Waals surface area contributed by atoms with Gasteiger partial charge in [0.2, 0.25) is 0 Å². The Morgan fingerprint density at radius 1 is 1.33 bits per heavy atom. The Morgan fingerprint density at radius 2 is 1.93 bits per heavy atom. The lowest BCUT2D eigenvalue weighted by Gasteiger charge is -2.23. The van der Waals surface area contributed by atoms with E-state index in [0.717, 1.165) is 17.4 Å². The first-order valence-corrected chi connectivity index (χ1v) is 5.94. The van der Waals surface area contributed by atoms with Crippen molar-refractivity contribution in [3.63, 3.8) is 0 Å². The highest BCUT2D eigenvalue weighted by molar-refractivity contribution is 9.10. The molecular weight excluding hydrogens is 254 g/mol. The molecule has 15 heavy (non-hydrogen) atoms. The minimum atomic E-state index is -0.628. The molecule has 1 atom stereocenters. The molecule has 0 radical (unpaired) electrons. The standard InChI is InChI=1S/C12H18BrNO/c1-12(15,7-8-14-2)9-10-3-5-11(13)6-4-10/h3-6,14-15H,7-9H2,1-2H3. The molecular formula is C12H18BrNO. The Balaban J connectivity index is 2.56. The Labute approximate surface area is 99.8 Å². The van der Waals surface area contributed by atoms with Gasteiger partial charge in [0.05, 0.1) is 5.60 Å². The minimum absolute atomic E-state index is 0.628. The molecule has 1 aromatic rings. The minimum Gasteiger partial charge on any atom is -0.390 e. The molecule has 0 spiro atoms. The molecule has 0 aliphatic rings. The van der Waals surface area contributed by atoms with Gasteiger partial charge in [0.1, 0.15) is 0 Å². The van der Waals surface area contributed by atoms with Gasteiger partial charge in [-0.05, 0) is 44.6 Å². The Morgan fingerprint density at radius 3 is 2.47 bits per heavy atom. The number of benzene rings is 1. The van der Waals surface area contributed by atoms with Gasteiger partial charge in [-0.3, -0.25) is 0 Å². The second-order valence-electron chi connectivity index (χ2n) is 4.15. The zero-order chi connectivity index (χ0) is 11.3. The third-order valence-corrected chi connectivity index (χ3v) is 2.94. The highest BCUT2D eigenvalue weighted by Crippen LogP contribution is 2.18. The van der Waals surface area contributed by atoms with Crippen LogP contribution in [0.1, 0.15) is 18.9 Å².